The van der Waals surface area contributed by atoms with Crippen LogP contribution in [0.1, 0.15) is 0 Å². The molecule has 1 aromatic heterocycles. The van der Waals surface area contributed by atoms with E-state index in [0.717, 1.165) is 5.52 Å². The molecule has 0 bridgehead atoms. The van der Waals surface area contributed by atoms with Crippen molar-refractivity contribution < 1.29 is 0 Å². The van der Waals surface area contributed by atoms with E-state index in [4.69, 9.17) is 5.26 Å². The van der Waals surface area contributed by atoms with Crippen LogP contribution < -0.4 is 0 Å². The van der Waals surface area contributed by atoms with Gasteiger partial charge in [0.05, 0.1) is 15.7 Å². The van der Waals surface area contributed by atoms with Gasteiger partial charge in [0.1, 0.15) is 0 Å². The van der Waals surface area contributed by atoms with Crippen LogP contribution in [-0.2, 0) is 0 Å². The second-order valence-corrected chi connectivity index (χ2v) is 2.71. The number of hydrogen-bond acceptors (Lipinski definition) is 3. The SMILES string of the molecule is C#N.c1ccc2scnc2c1. The normalized spacial score (nSPS) is 8.55. The van der Waals surface area contributed by atoms with Crippen LogP contribution in [0.2, 0.25) is 0 Å². The molecule has 0 fully saturated rings. The number of aromatic nitrogens is 1. The third-order valence-corrected chi connectivity index (χ3v) is 2.05. The first-order chi connectivity index (χ1) is 5.47. The van der Waals surface area contributed by atoms with Crippen LogP contribution in [0.4, 0.5) is 0 Å². The van der Waals surface area contributed by atoms with Gasteiger partial charge in [0.15, 0.2) is 0 Å². The third-order valence-electron chi connectivity index (χ3n) is 1.24. The Balaban J connectivity index is 0.000000281. The van der Waals surface area contributed by atoms with Gasteiger partial charge in [-0.05, 0) is 12.1 Å². The summed E-state index contributed by atoms with van der Waals surface area (Å²) in [4.78, 5) is 4.14. The maximum atomic E-state index is 6.50. The van der Waals surface area contributed by atoms with Crippen LogP contribution in [0.3, 0.4) is 0 Å². The van der Waals surface area contributed by atoms with Crippen molar-refractivity contribution in [3.8, 4) is 6.57 Å². The Bertz CT molecular complexity index is 321. The van der Waals surface area contributed by atoms with Gasteiger partial charge < -0.3 is 0 Å². The highest BCUT2D eigenvalue weighted by molar-refractivity contribution is 7.16. The van der Waals surface area contributed by atoms with Crippen molar-refractivity contribution in [1.82, 2.24) is 4.98 Å². The Hall–Kier alpha value is -1.40. The molecule has 0 aliphatic carbocycles. The van der Waals surface area contributed by atoms with Crippen LogP contribution in [0, 0.1) is 11.8 Å². The minimum Gasteiger partial charge on any atom is -0.245 e. The lowest BCUT2D eigenvalue weighted by Gasteiger charge is -1.80. The molecular weight excluding hydrogens is 156 g/mol. The zero-order valence-electron chi connectivity index (χ0n) is 5.77. The molecule has 1 heterocycles. The van der Waals surface area contributed by atoms with Gasteiger partial charge >= 0.3 is 0 Å². The quantitative estimate of drug-likeness (QED) is 0.596. The fourth-order valence-corrected chi connectivity index (χ4v) is 1.48. The predicted octanol–water partition coefficient (Wildman–Crippen LogP) is 2.44. The van der Waals surface area contributed by atoms with Gasteiger partial charge in [-0.2, -0.15) is 0 Å². The molecule has 0 radical (unpaired) electrons. The Morgan fingerprint density at radius 3 is 2.73 bits per heavy atom. The monoisotopic (exact) mass is 162 g/mol. The highest BCUT2D eigenvalue weighted by atomic mass is 32.1. The van der Waals surface area contributed by atoms with Crippen molar-refractivity contribution in [2.75, 3.05) is 0 Å². The summed E-state index contributed by atoms with van der Waals surface area (Å²) in [5.74, 6) is 0. The van der Waals surface area contributed by atoms with Gasteiger partial charge in [-0.25, -0.2) is 10.2 Å². The van der Waals surface area contributed by atoms with E-state index in [0.29, 0.717) is 0 Å². The molecule has 11 heavy (non-hydrogen) atoms. The largest absolute Gasteiger partial charge is 0.245 e. The standard InChI is InChI=1S/C7H5NS.CHN/c1-2-4-7-6(3-1)8-5-9-7;1-2/h1-5H;1H. The van der Waals surface area contributed by atoms with Crippen LogP contribution in [0.5, 0.6) is 0 Å². The summed E-state index contributed by atoms with van der Waals surface area (Å²) in [7, 11) is 0. The molecule has 0 amide bonds. The summed E-state index contributed by atoms with van der Waals surface area (Å²) in [6.07, 6.45) is 0. The number of nitriles is 1. The molecule has 2 nitrogen and oxygen atoms in total. The highest BCUT2D eigenvalue weighted by Gasteiger charge is 1.89. The van der Waals surface area contributed by atoms with Crippen molar-refractivity contribution in [1.29, 1.82) is 5.26 Å². The Morgan fingerprint density at radius 1 is 1.27 bits per heavy atom. The van der Waals surface area contributed by atoms with E-state index in [9.17, 15) is 0 Å². The Labute approximate surface area is 68.7 Å². The molecule has 0 N–H and O–H groups in total. The van der Waals surface area contributed by atoms with Crippen LogP contribution in [0.25, 0.3) is 10.2 Å². The number of benzene rings is 1. The summed E-state index contributed by atoms with van der Waals surface area (Å²) in [6, 6.07) is 8.13. The molecule has 54 valence electrons. The Morgan fingerprint density at radius 2 is 2.00 bits per heavy atom. The fourth-order valence-electron chi connectivity index (χ4n) is 0.803. The number of nitrogens with zero attached hydrogens (tertiary/aromatic N) is 2. The zero-order chi connectivity index (χ0) is 8.10. The molecule has 3 heteroatoms. The van der Waals surface area contributed by atoms with E-state index in [1.165, 1.54) is 4.70 Å². The summed E-state index contributed by atoms with van der Waals surface area (Å²) in [6.45, 7) is 3.50. The smallest absolute Gasteiger partial charge is 0.0812 e. The minimum atomic E-state index is 1.10. The Kier molecular flexibility index (Phi) is 2.59. The van der Waals surface area contributed by atoms with E-state index in [1.807, 2.05) is 23.7 Å². The molecule has 0 saturated carbocycles. The topological polar surface area (TPSA) is 36.7 Å². The number of thiazole rings is 1. The van der Waals surface area contributed by atoms with E-state index in [1.54, 1.807) is 11.3 Å². The van der Waals surface area contributed by atoms with Crippen molar-refractivity contribution in [2.24, 2.45) is 0 Å². The van der Waals surface area contributed by atoms with Gasteiger partial charge in [0.25, 0.3) is 0 Å². The highest BCUT2D eigenvalue weighted by Crippen LogP contribution is 2.15. The number of hydrogen-bond donors (Lipinski definition) is 0. The van der Waals surface area contributed by atoms with Gasteiger partial charge in [-0.15, -0.1) is 11.3 Å². The van der Waals surface area contributed by atoms with E-state index in [2.05, 4.69) is 17.6 Å². The van der Waals surface area contributed by atoms with Crippen LogP contribution >= 0.6 is 11.3 Å². The van der Waals surface area contributed by atoms with E-state index < -0.39 is 0 Å². The first-order valence-electron chi connectivity index (χ1n) is 3.01. The molecule has 0 atom stereocenters. The second-order valence-electron chi connectivity index (χ2n) is 1.82. The molecule has 0 unspecified atom stereocenters. The van der Waals surface area contributed by atoms with Crippen LogP contribution in [-0.4, -0.2) is 4.98 Å². The minimum absolute atomic E-state index is 1.10. The number of fused-ring (bicyclic) bond motifs is 1. The lowest BCUT2D eigenvalue weighted by Crippen LogP contribution is -1.61. The van der Waals surface area contributed by atoms with Gasteiger partial charge in [0, 0.05) is 6.57 Å². The molecule has 0 aliphatic heterocycles. The van der Waals surface area contributed by atoms with E-state index in [-0.39, 0.29) is 0 Å². The van der Waals surface area contributed by atoms with Gasteiger partial charge in [-0.3, -0.25) is 0 Å². The molecule has 1 aromatic carbocycles. The molecular formula is C8H6N2S. The summed E-state index contributed by atoms with van der Waals surface area (Å²) in [5, 5.41) is 6.50. The zero-order valence-corrected chi connectivity index (χ0v) is 6.58. The summed E-state index contributed by atoms with van der Waals surface area (Å²) >= 11 is 1.68. The van der Waals surface area contributed by atoms with Gasteiger partial charge in [0.2, 0.25) is 0 Å². The maximum absolute atomic E-state index is 6.50. The fraction of sp³-hybridized carbons (Fsp3) is 0. The molecule has 0 aliphatic rings. The third kappa shape index (κ3) is 1.54. The lowest BCUT2D eigenvalue weighted by molar-refractivity contribution is 1.50. The van der Waals surface area contributed by atoms with Crippen molar-refractivity contribution in [3.63, 3.8) is 0 Å². The van der Waals surface area contributed by atoms with Crippen molar-refractivity contribution in [2.45, 2.75) is 0 Å². The average Bonchev–Trinajstić information content (AvgIpc) is 2.55. The lowest BCUT2D eigenvalue weighted by atomic mass is 10.3. The van der Waals surface area contributed by atoms with Crippen molar-refractivity contribution >= 4 is 21.6 Å². The molecule has 2 rings (SSSR count). The van der Waals surface area contributed by atoms with E-state index >= 15 is 0 Å². The first-order valence-corrected chi connectivity index (χ1v) is 3.89. The molecule has 0 spiro atoms. The second kappa shape index (κ2) is 3.69. The number of para-hydroxylation sites is 1. The van der Waals surface area contributed by atoms with Gasteiger partial charge in [-0.1, -0.05) is 12.1 Å². The predicted molar refractivity (Wildman–Crippen MR) is 46.3 cm³/mol. The summed E-state index contributed by atoms with van der Waals surface area (Å²) < 4.78 is 1.26. The maximum Gasteiger partial charge on any atom is 0.0812 e. The van der Waals surface area contributed by atoms with Crippen molar-refractivity contribution in [3.05, 3.63) is 29.8 Å². The molecule has 2 aromatic rings. The molecule has 0 saturated heterocycles. The average molecular weight is 162 g/mol. The van der Waals surface area contributed by atoms with Crippen LogP contribution in [0.15, 0.2) is 29.8 Å². The first kappa shape index (κ1) is 7.70. The summed E-state index contributed by atoms with van der Waals surface area (Å²) in [5.41, 5.74) is 2.97. The number of rotatable bonds is 0.